The van der Waals surface area contributed by atoms with E-state index >= 15 is 0 Å². The van der Waals surface area contributed by atoms with Gasteiger partial charge in [-0.25, -0.2) is 4.99 Å². The summed E-state index contributed by atoms with van der Waals surface area (Å²) in [5, 5.41) is 2.97. The van der Waals surface area contributed by atoms with Gasteiger partial charge in [-0.1, -0.05) is 12.2 Å². The second-order valence-electron chi connectivity index (χ2n) is 3.48. The van der Waals surface area contributed by atoms with Crippen LogP contribution in [0.3, 0.4) is 0 Å². The van der Waals surface area contributed by atoms with Gasteiger partial charge in [0.1, 0.15) is 0 Å². The Kier molecular flexibility index (Phi) is 2.22. The monoisotopic (exact) mass is 165 g/mol. The SMILES string of the molecule is CC1=C/C=C/C(C)(C)N=C(N)N1. The molecule has 3 nitrogen and oxygen atoms in total. The van der Waals surface area contributed by atoms with Crippen molar-refractivity contribution >= 4 is 5.96 Å². The summed E-state index contributed by atoms with van der Waals surface area (Å²) >= 11 is 0. The van der Waals surface area contributed by atoms with Crippen LogP contribution in [-0.2, 0) is 0 Å². The van der Waals surface area contributed by atoms with Crippen LogP contribution in [0, 0.1) is 0 Å². The van der Waals surface area contributed by atoms with Crippen molar-refractivity contribution in [2.45, 2.75) is 26.3 Å². The van der Waals surface area contributed by atoms with E-state index in [1.807, 2.05) is 39.0 Å². The van der Waals surface area contributed by atoms with Crippen LogP contribution in [0.5, 0.6) is 0 Å². The average Bonchev–Trinajstić information content (AvgIpc) is 1.81. The molecule has 66 valence electrons. The van der Waals surface area contributed by atoms with Crippen molar-refractivity contribution in [2.24, 2.45) is 10.7 Å². The van der Waals surface area contributed by atoms with Crippen LogP contribution in [0.25, 0.3) is 0 Å². The third-order valence-corrected chi connectivity index (χ3v) is 1.58. The molecule has 0 atom stereocenters. The molecule has 0 aromatic carbocycles. The Morgan fingerprint density at radius 1 is 1.50 bits per heavy atom. The lowest BCUT2D eigenvalue weighted by atomic mass is 10.1. The molecule has 1 aliphatic heterocycles. The molecule has 0 saturated carbocycles. The minimum atomic E-state index is -0.214. The number of hydrogen-bond acceptors (Lipinski definition) is 3. The van der Waals surface area contributed by atoms with Crippen LogP contribution in [0.2, 0.25) is 0 Å². The van der Waals surface area contributed by atoms with Crippen molar-refractivity contribution < 1.29 is 0 Å². The normalized spacial score (nSPS) is 24.2. The van der Waals surface area contributed by atoms with Crippen LogP contribution >= 0.6 is 0 Å². The van der Waals surface area contributed by atoms with Gasteiger partial charge in [-0.15, -0.1) is 0 Å². The first-order valence-electron chi connectivity index (χ1n) is 3.98. The minimum absolute atomic E-state index is 0.214. The topological polar surface area (TPSA) is 50.4 Å². The Labute approximate surface area is 73.1 Å². The highest BCUT2D eigenvalue weighted by molar-refractivity contribution is 5.80. The maximum atomic E-state index is 5.63. The number of nitrogens with zero attached hydrogens (tertiary/aromatic N) is 1. The fourth-order valence-corrected chi connectivity index (χ4v) is 1.05. The predicted octanol–water partition coefficient (Wildman–Crippen LogP) is 1.14. The average molecular weight is 165 g/mol. The maximum Gasteiger partial charge on any atom is 0.193 e. The molecule has 0 saturated heterocycles. The second-order valence-corrected chi connectivity index (χ2v) is 3.48. The second kappa shape index (κ2) is 3.01. The van der Waals surface area contributed by atoms with Crippen molar-refractivity contribution in [3.63, 3.8) is 0 Å². The van der Waals surface area contributed by atoms with Gasteiger partial charge >= 0.3 is 0 Å². The fourth-order valence-electron chi connectivity index (χ4n) is 1.05. The lowest BCUT2D eigenvalue weighted by Crippen LogP contribution is -2.34. The number of allylic oxidation sites excluding steroid dienone is 3. The van der Waals surface area contributed by atoms with E-state index in [2.05, 4.69) is 10.3 Å². The van der Waals surface area contributed by atoms with E-state index in [0.717, 1.165) is 5.70 Å². The summed E-state index contributed by atoms with van der Waals surface area (Å²) in [6, 6.07) is 0. The van der Waals surface area contributed by atoms with Crippen molar-refractivity contribution in [1.82, 2.24) is 5.32 Å². The molecular weight excluding hydrogens is 150 g/mol. The largest absolute Gasteiger partial charge is 0.370 e. The molecule has 0 unspecified atom stereocenters. The van der Waals surface area contributed by atoms with Gasteiger partial charge in [0.15, 0.2) is 5.96 Å². The first-order chi connectivity index (χ1) is 5.49. The lowest BCUT2D eigenvalue weighted by molar-refractivity contribution is 0.650. The number of nitrogens with two attached hydrogens (primary N) is 1. The van der Waals surface area contributed by atoms with E-state index in [1.165, 1.54) is 0 Å². The summed E-state index contributed by atoms with van der Waals surface area (Å²) in [7, 11) is 0. The van der Waals surface area contributed by atoms with E-state index < -0.39 is 0 Å². The van der Waals surface area contributed by atoms with Gasteiger partial charge in [-0.2, -0.15) is 0 Å². The summed E-state index contributed by atoms with van der Waals surface area (Å²) in [5.41, 5.74) is 6.42. The number of guanidine groups is 1. The standard InChI is InChI=1S/C9H15N3/c1-7-5-4-6-9(2,3)12-8(10)11-7/h4-6H,1-3H3,(H3,10,11,12)/b6-4+,7-5?. The zero-order valence-electron chi connectivity index (χ0n) is 7.76. The Balaban J connectivity index is 2.97. The summed E-state index contributed by atoms with van der Waals surface area (Å²) in [4.78, 5) is 4.27. The first kappa shape index (κ1) is 8.84. The maximum absolute atomic E-state index is 5.63. The molecule has 12 heavy (non-hydrogen) atoms. The third-order valence-electron chi connectivity index (χ3n) is 1.58. The summed E-state index contributed by atoms with van der Waals surface area (Å²) in [5.74, 6) is 0.470. The van der Waals surface area contributed by atoms with Crippen LogP contribution in [0.15, 0.2) is 28.9 Å². The quantitative estimate of drug-likeness (QED) is 0.565. The molecule has 0 aromatic rings. The van der Waals surface area contributed by atoms with Crippen molar-refractivity contribution in [3.8, 4) is 0 Å². The molecule has 0 spiro atoms. The number of hydrogen-bond donors (Lipinski definition) is 2. The van der Waals surface area contributed by atoms with Gasteiger partial charge < -0.3 is 11.1 Å². The van der Waals surface area contributed by atoms with Crippen LogP contribution in [0.4, 0.5) is 0 Å². The molecule has 0 radical (unpaired) electrons. The van der Waals surface area contributed by atoms with Crippen molar-refractivity contribution in [2.75, 3.05) is 0 Å². The van der Waals surface area contributed by atoms with Gasteiger partial charge in [-0.05, 0) is 26.8 Å². The van der Waals surface area contributed by atoms with Crippen LogP contribution in [0.1, 0.15) is 20.8 Å². The van der Waals surface area contributed by atoms with E-state index in [1.54, 1.807) is 0 Å². The zero-order valence-corrected chi connectivity index (χ0v) is 7.76. The van der Waals surface area contributed by atoms with E-state index in [-0.39, 0.29) is 5.54 Å². The number of aliphatic imine (C=N–C) groups is 1. The Morgan fingerprint density at radius 2 is 2.17 bits per heavy atom. The Hall–Kier alpha value is -1.25. The Bertz CT molecular complexity index is 259. The van der Waals surface area contributed by atoms with Gasteiger partial charge in [0.05, 0.1) is 5.54 Å². The lowest BCUT2D eigenvalue weighted by Gasteiger charge is -2.18. The summed E-state index contributed by atoms with van der Waals surface area (Å²) < 4.78 is 0. The number of rotatable bonds is 0. The fraction of sp³-hybridized carbons (Fsp3) is 0.444. The van der Waals surface area contributed by atoms with E-state index in [0.29, 0.717) is 5.96 Å². The molecule has 0 bridgehead atoms. The highest BCUT2D eigenvalue weighted by atomic mass is 15.1. The molecule has 1 rings (SSSR count). The van der Waals surface area contributed by atoms with Gasteiger partial charge in [0.2, 0.25) is 0 Å². The van der Waals surface area contributed by atoms with Gasteiger partial charge in [0.25, 0.3) is 0 Å². The van der Waals surface area contributed by atoms with Crippen LogP contribution in [-0.4, -0.2) is 11.5 Å². The molecule has 0 fully saturated rings. The molecule has 0 aliphatic carbocycles. The zero-order chi connectivity index (χ0) is 9.19. The Morgan fingerprint density at radius 3 is 2.83 bits per heavy atom. The highest BCUT2D eigenvalue weighted by Crippen LogP contribution is 2.12. The summed E-state index contributed by atoms with van der Waals surface area (Å²) in [6.45, 7) is 5.96. The molecule has 0 amide bonds. The highest BCUT2D eigenvalue weighted by Gasteiger charge is 2.12. The van der Waals surface area contributed by atoms with E-state index in [4.69, 9.17) is 5.73 Å². The molecule has 1 heterocycles. The third kappa shape index (κ3) is 2.42. The van der Waals surface area contributed by atoms with Crippen molar-refractivity contribution in [1.29, 1.82) is 0 Å². The number of nitrogens with one attached hydrogen (secondary N) is 1. The van der Waals surface area contributed by atoms with Gasteiger partial charge in [-0.3, -0.25) is 0 Å². The predicted molar refractivity (Wildman–Crippen MR) is 51.7 cm³/mol. The molecular formula is C9H15N3. The first-order valence-corrected chi connectivity index (χ1v) is 3.98. The van der Waals surface area contributed by atoms with Crippen molar-refractivity contribution in [3.05, 3.63) is 23.9 Å². The van der Waals surface area contributed by atoms with E-state index in [9.17, 15) is 0 Å². The molecule has 3 heteroatoms. The molecule has 3 N–H and O–H groups in total. The molecule has 0 aromatic heterocycles. The smallest absolute Gasteiger partial charge is 0.193 e. The van der Waals surface area contributed by atoms with Gasteiger partial charge in [0, 0.05) is 5.70 Å². The van der Waals surface area contributed by atoms with Crippen LogP contribution < -0.4 is 11.1 Å². The molecule has 1 aliphatic rings. The minimum Gasteiger partial charge on any atom is -0.370 e. The summed E-state index contributed by atoms with van der Waals surface area (Å²) in [6.07, 6.45) is 5.98.